The molecule has 0 saturated heterocycles. The molecule has 0 aromatic heterocycles. The van der Waals surface area contributed by atoms with Gasteiger partial charge in [-0.25, -0.2) is 0 Å². The highest BCUT2D eigenvalue weighted by atomic mass is 32.2. The molecular weight excluding hydrogens is 340 g/mol. The first-order chi connectivity index (χ1) is 12.2. The molecule has 4 heteroatoms. The summed E-state index contributed by atoms with van der Waals surface area (Å²) in [5, 5.41) is 3.47. The van der Waals surface area contributed by atoms with E-state index in [1.54, 1.807) is 11.8 Å². The number of allylic oxidation sites excluding steroid dienone is 1. The third kappa shape index (κ3) is 5.73. The summed E-state index contributed by atoms with van der Waals surface area (Å²) in [5.41, 5.74) is 3.39. The SMILES string of the molecule is C=C(C)N(C(=NC)SC(C)(C)C)c1ccc(C)c2ccccc12.CC=O. The van der Waals surface area contributed by atoms with Crippen LogP contribution >= 0.6 is 11.8 Å². The third-order valence-electron chi connectivity index (χ3n) is 3.52. The Kier molecular flexibility index (Phi) is 8.09. The fourth-order valence-electron chi connectivity index (χ4n) is 2.57. The molecule has 2 aromatic rings. The molecule has 3 nitrogen and oxygen atoms in total. The highest BCUT2D eigenvalue weighted by Crippen LogP contribution is 2.35. The molecule has 0 radical (unpaired) electrons. The number of aldehydes is 1. The molecular formula is C22H30N2OS. The summed E-state index contributed by atoms with van der Waals surface area (Å²) in [6.07, 6.45) is 0.750. The molecule has 0 amide bonds. The largest absolute Gasteiger partial charge is 0.304 e. The average molecular weight is 371 g/mol. The minimum atomic E-state index is 0.0864. The summed E-state index contributed by atoms with van der Waals surface area (Å²) >= 11 is 1.76. The Balaban J connectivity index is 0.00000105. The van der Waals surface area contributed by atoms with Gasteiger partial charge in [-0.3, -0.25) is 9.89 Å². The fraction of sp³-hybridized carbons (Fsp3) is 0.364. The van der Waals surface area contributed by atoms with Crippen LogP contribution in [0.5, 0.6) is 0 Å². The molecule has 0 aliphatic carbocycles. The molecule has 0 heterocycles. The van der Waals surface area contributed by atoms with Gasteiger partial charge in [0.15, 0.2) is 5.17 Å². The zero-order valence-corrected chi connectivity index (χ0v) is 17.8. The predicted octanol–water partition coefficient (Wildman–Crippen LogP) is 6.21. The number of nitrogens with zero attached hydrogens (tertiary/aromatic N) is 2. The quantitative estimate of drug-likeness (QED) is 0.358. The highest BCUT2D eigenvalue weighted by Gasteiger charge is 2.23. The number of hydrogen-bond acceptors (Lipinski definition) is 3. The van der Waals surface area contributed by atoms with Gasteiger partial charge in [-0.2, -0.15) is 0 Å². The van der Waals surface area contributed by atoms with Crippen molar-refractivity contribution in [1.29, 1.82) is 0 Å². The first-order valence-corrected chi connectivity index (χ1v) is 9.47. The summed E-state index contributed by atoms with van der Waals surface area (Å²) in [6.45, 7) is 16.4. The number of aliphatic imine (C=N–C) groups is 1. The normalized spacial score (nSPS) is 11.6. The van der Waals surface area contributed by atoms with Gasteiger partial charge in [0.25, 0.3) is 0 Å². The lowest BCUT2D eigenvalue weighted by atomic mass is 10.0. The predicted molar refractivity (Wildman–Crippen MR) is 118 cm³/mol. The first kappa shape index (κ1) is 22.0. The van der Waals surface area contributed by atoms with E-state index in [2.05, 4.69) is 80.6 Å². The molecule has 26 heavy (non-hydrogen) atoms. The topological polar surface area (TPSA) is 32.7 Å². The van der Waals surface area contributed by atoms with Crippen LogP contribution in [0.15, 0.2) is 53.7 Å². The lowest BCUT2D eigenvalue weighted by Gasteiger charge is -2.30. The molecule has 0 N–H and O–H groups in total. The molecule has 0 spiro atoms. The van der Waals surface area contributed by atoms with Crippen molar-refractivity contribution in [2.24, 2.45) is 4.99 Å². The Morgan fingerprint density at radius 2 is 1.69 bits per heavy atom. The van der Waals surface area contributed by atoms with Crippen LogP contribution < -0.4 is 4.90 Å². The molecule has 2 aromatic carbocycles. The Morgan fingerprint density at radius 1 is 1.15 bits per heavy atom. The third-order valence-corrected chi connectivity index (χ3v) is 4.68. The maximum absolute atomic E-state index is 8.81. The molecule has 0 saturated carbocycles. The fourth-order valence-corrected chi connectivity index (χ4v) is 3.55. The zero-order chi connectivity index (χ0) is 19.9. The van der Waals surface area contributed by atoms with E-state index in [0.29, 0.717) is 0 Å². The van der Waals surface area contributed by atoms with Crippen molar-refractivity contribution in [3.05, 3.63) is 54.2 Å². The summed E-state index contributed by atoms with van der Waals surface area (Å²) in [7, 11) is 1.85. The Bertz CT molecular complexity index is 803. The minimum absolute atomic E-state index is 0.0864. The van der Waals surface area contributed by atoms with Crippen LogP contribution in [-0.4, -0.2) is 23.2 Å². The van der Waals surface area contributed by atoms with Crippen molar-refractivity contribution in [1.82, 2.24) is 0 Å². The van der Waals surface area contributed by atoms with Gasteiger partial charge in [-0.15, -0.1) is 0 Å². The van der Waals surface area contributed by atoms with Crippen molar-refractivity contribution in [2.45, 2.75) is 46.3 Å². The van der Waals surface area contributed by atoms with Crippen LogP contribution in [0.4, 0.5) is 5.69 Å². The van der Waals surface area contributed by atoms with E-state index in [1.807, 2.05) is 14.0 Å². The second-order valence-corrected chi connectivity index (χ2v) is 8.77. The van der Waals surface area contributed by atoms with Gasteiger partial charge < -0.3 is 4.79 Å². The van der Waals surface area contributed by atoms with Crippen LogP contribution in [0.2, 0.25) is 0 Å². The van der Waals surface area contributed by atoms with Gasteiger partial charge in [0, 0.05) is 22.9 Å². The number of fused-ring (bicyclic) bond motifs is 1. The van der Waals surface area contributed by atoms with Gasteiger partial charge >= 0.3 is 0 Å². The Hall–Kier alpha value is -2.07. The van der Waals surface area contributed by atoms with Gasteiger partial charge in [-0.05, 0) is 37.8 Å². The number of aryl methyl sites for hydroxylation is 1. The number of benzene rings is 2. The molecule has 0 aliphatic heterocycles. The molecule has 0 bridgehead atoms. The standard InChI is InChI=1S/C20H26N2S.C2H4O/c1-14(2)22(19(21-7)23-20(4,5)6)18-13-12-15(3)16-10-8-9-11-17(16)18;1-2-3/h8-13H,1H2,2-7H3;2H,1H3. The summed E-state index contributed by atoms with van der Waals surface area (Å²) < 4.78 is 0.0864. The molecule has 2 rings (SSSR count). The number of carbonyl (C=O) groups excluding carboxylic acids is 1. The van der Waals surface area contributed by atoms with Crippen molar-refractivity contribution < 1.29 is 4.79 Å². The minimum Gasteiger partial charge on any atom is -0.304 e. The van der Waals surface area contributed by atoms with Crippen LogP contribution in [0.25, 0.3) is 10.8 Å². The summed E-state index contributed by atoms with van der Waals surface area (Å²) in [6, 6.07) is 12.8. The monoisotopic (exact) mass is 370 g/mol. The van der Waals surface area contributed by atoms with Crippen LogP contribution in [0.1, 0.15) is 40.2 Å². The molecule has 0 fully saturated rings. The van der Waals surface area contributed by atoms with E-state index in [1.165, 1.54) is 23.3 Å². The average Bonchev–Trinajstić information content (AvgIpc) is 2.56. The highest BCUT2D eigenvalue weighted by molar-refractivity contribution is 8.15. The number of anilines is 1. The van der Waals surface area contributed by atoms with Crippen LogP contribution in [-0.2, 0) is 4.79 Å². The zero-order valence-electron chi connectivity index (χ0n) is 17.0. The first-order valence-electron chi connectivity index (χ1n) is 8.65. The number of amidine groups is 1. The number of thioether (sulfide) groups is 1. The number of hydrogen-bond donors (Lipinski definition) is 0. The molecule has 0 atom stereocenters. The molecule has 0 unspecified atom stereocenters. The van der Waals surface area contributed by atoms with E-state index in [4.69, 9.17) is 4.79 Å². The van der Waals surface area contributed by atoms with Crippen molar-refractivity contribution in [2.75, 3.05) is 11.9 Å². The van der Waals surface area contributed by atoms with E-state index < -0.39 is 0 Å². The van der Waals surface area contributed by atoms with Crippen molar-refractivity contribution in [3.63, 3.8) is 0 Å². The van der Waals surface area contributed by atoms with Crippen molar-refractivity contribution >= 4 is 39.7 Å². The maximum atomic E-state index is 8.81. The lowest BCUT2D eigenvalue weighted by molar-refractivity contribution is -0.106. The van der Waals surface area contributed by atoms with Crippen molar-refractivity contribution in [3.8, 4) is 0 Å². The van der Waals surface area contributed by atoms with E-state index in [0.717, 1.165) is 22.8 Å². The lowest BCUT2D eigenvalue weighted by Crippen LogP contribution is -2.30. The van der Waals surface area contributed by atoms with Gasteiger partial charge in [0.05, 0.1) is 5.69 Å². The summed E-state index contributed by atoms with van der Waals surface area (Å²) in [5.74, 6) is 0. The van der Waals surface area contributed by atoms with Crippen LogP contribution in [0.3, 0.4) is 0 Å². The number of carbonyl (C=O) groups is 1. The maximum Gasteiger partial charge on any atom is 0.168 e. The Labute approximate surface area is 162 Å². The van der Waals surface area contributed by atoms with E-state index in [-0.39, 0.29) is 4.75 Å². The van der Waals surface area contributed by atoms with E-state index in [9.17, 15) is 0 Å². The Morgan fingerprint density at radius 3 is 2.15 bits per heavy atom. The van der Waals surface area contributed by atoms with Gasteiger partial charge in [-0.1, -0.05) is 69.4 Å². The smallest absolute Gasteiger partial charge is 0.168 e. The van der Waals surface area contributed by atoms with E-state index >= 15 is 0 Å². The second kappa shape index (κ2) is 9.58. The second-order valence-electron chi connectivity index (χ2n) is 6.97. The molecule has 0 aliphatic rings. The van der Waals surface area contributed by atoms with Crippen LogP contribution in [0, 0.1) is 6.92 Å². The van der Waals surface area contributed by atoms with Gasteiger partial charge in [0.1, 0.15) is 6.29 Å². The number of rotatable bonds is 2. The van der Waals surface area contributed by atoms with Gasteiger partial charge in [0.2, 0.25) is 0 Å². The summed E-state index contributed by atoms with van der Waals surface area (Å²) in [4.78, 5) is 15.5. The molecule has 140 valence electrons.